The van der Waals surface area contributed by atoms with Gasteiger partial charge in [0.05, 0.1) is 15.7 Å². The molecule has 0 atom stereocenters. The van der Waals surface area contributed by atoms with Crippen molar-refractivity contribution >= 4 is 29.1 Å². The van der Waals surface area contributed by atoms with Crippen LogP contribution in [0.2, 0.25) is 10.0 Å². The van der Waals surface area contributed by atoms with Crippen molar-refractivity contribution in [2.45, 2.75) is 12.8 Å². The monoisotopic (exact) mass is 375 g/mol. The van der Waals surface area contributed by atoms with E-state index >= 15 is 0 Å². The minimum Gasteiger partial charge on any atom is -0.352 e. The number of amides is 1. The van der Waals surface area contributed by atoms with Gasteiger partial charge >= 0.3 is 0 Å². The fraction of sp³-hybridized carbons (Fsp3) is 0.176. The summed E-state index contributed by atoms with van der Waals surface area (Å²) in [5, 5.41) is 15.0. The van der Waals surface area contributed by atoms with Gasteiger partial charge in [-0.2, -0.15) is 0 Å². The number of halogens is 2. The molecule has 6 nitrogen and oxygen atoms in total. The molecular formula is C17H15Cl2N5O. The number of nitrogens with one attached hydrogen (secondary N) is 1. The molecule has 0 saturated heterocycles. The lowest BCUT2D eigenvalue weighted by Gasteiger charge is -2.07. The number of aryl methyl sites for hydroxylation is 1. The number of hydrogen-bond donors (Lipinski definition) is 1. The molecule has 0 bridgehead atoms. The summed E-state index contributed by atoms with van der Waals surface area (Å²) < 4.78 is 1.53. The molecular weight excluding hydrogens is 361 g/mol. The molecule has 128 valence electrons. The molecule has 2 aromatic carbocycles. The molecule has 0 aliphatic rings. The molecule has 1 amide bonds. The van der Waals surface area contributed by atoms with Gasteiger partial charge in [-0.3, -0.25) is 4.79 Å². The molecule has 1 N–H and O–H groups in total. The van der Waals surface area contributed by atoms with E-state index in [1.165, 1.54) is 11.0 Å². The summed E-state index contributed by atoms with van der Waals surface area (Å²) in [4.78, 5) is 12.2. The number of nitrogens with zero attached hydrogens (tertiary/aromatic N) is 4. The van der Waals surface area contributed by atoms with Crippen LogP contribution in [0.1, 0.15) is 22.3 Å². The number of rotatable bonds is 6. The van der Waals surface area contributed by atoms with E-state index in [-0.39, 0.29) is 5.91 Å². The van der Waals surface area contributed by atoms with Crippen molar-refractivity contribution in [1.82, 2.24) is 25.5 Å². The van der Waals surface area contributed by atoms with Crippen molar-refractivity contribution < 1.29 is 4.79 Å². The van der Waals surface area contributed by atoms with E-state index in [9.17, 15) is 4.79 Å². The molecule has 1 heterocycles. The van der Waals surface area contributed by atoms with Gasteiger partial charge in [0, 0.05) is 12.1 Å². The van der Waals surface area contributed by atoms with Crippen LogP contribution in [0.25, 0.3) is 5.69 Å². The molecule has 1 aromatic heterocycles. The number of carbonyl (C=O) groups excluding carboxylic acids is 1. The maximum Gasteiger partial charge on any atom is 0.251 e. The summed E-state index contributed by atoms with van der Waals surface area (Å²) in [5.41, 5.74) is 2.47. The fourth-order valence-electron chi connectivity index (χ4n) is 2.34. The van der Waals surface area contributed by atoms with Crippen molar-refractivity contribution in [3.8, 4) is 5.69 Å². The van der Waals surface area contributed by atoms with Crippen LogP contribution in [0.3, 0.4) is 0 Å². The van der Waals surface area contributed by atoms with E-state index in [0.717, 1.165) is 24.1 Å². The molecule has 3 rings (SSSR count). The quantitative estimate of drug-likeness (QED) is 0.670. The van der Waals surface area contributed by atoms with Crippen molar-refractivity contribution in [2.24, 2.45) is 0 Å². The Morgan fingerprint density at radius 2 is 1.88 bits per heavy atom. The third kappa shape index (κ3) is 4.55. The SMILES string of the molecule is O=C(NCCCc1ccc(Cl)c(Cl)c1)c1ccc(-n2cnnn2)cc1. The van der Waals surface area contributed by atoms with Gasteiger partial charge in [0.25, 0.3) is 5.91 Å². The first-order valence-electron chi connectivity index (χ1n) is 7.69. The van der Waals surface area contributed by atoms with Crippen molar-refractivity contribution in [2.75, 3.05) is 6.54 Å². The molecule has 8 heteroatoms. The van der Waals surface area contributed by atoms with Gasteiger partial charge in [-0.25, -0.2) is 4.68 Å². The zero-order chi connectivity index (χ0) is 17.6. The van der Waals surface area contributed by atoms with Crippen LogP contribution < -0.4 is 5.32 Å². The Balaban J connectivity index is 1.48. The van der Waals surface area contributed by atoms with Crippen LogP contribution in [0.15, 0.2) is 48.8 Å². The van der Waals surface area contributed by atoms with E-state index in [4.69, 9.17) is 23.2 Å². The van der Waals surface area contributed by atoms with E-state index in [1.54, 1.807) is 30.3 Å². The number of hydrogen-bond acceptors (Lipinski definition) is 4. The summed E-state index contributed by atoms with van der Waals surface area (Å²) >= 11 is 11.9. The predicted molar refractivity (Wildman–Crippen MR) is 96.3 cm³/mol. The molecule has 0 spiro atoms. The van der Waals surface area contributed by atoms with E-state index in [1.807, 2.05) is 12.1 Å². The summed E-state index contributed by atoms with van der Waals surface area (Å²) in [6, 6.07) is 12.6. The Bertz CT molecular complexity index is 850. The van der Waals surface area contributed by atoms with Crippen molar-refractivity contribution in [3.05, 3.63) is 70.0 Å². The highest BCUT2D eigenvalue weighted by Gasteiger charge is 2.06. The van der Waals surface area contributed by atoms with E-state index < -0.39 is 0 Å². The normalized spacial score (nSPS) is 10.6. The molecule has 0 aliphatic heterocycles. The van der Waals surface area contributed by atoms with Gasteiger partial charge in [0.2, 0.25) is 0 Å². The van der Waals surface area contributed by atoms with Crippen molar-refractivity contribution in [3.63, 3.8) is 0 Å². The summed E-state index contributed by atoms with van der Waals surface area (Å²) in [7, 11) is 0. The molecule has 25 heavy (non-hydrogen) atoms. The Labute approximate surface area is 154 Å². The van der Waals surface area contributed by atoms with Crippen LogP contribution >= 0.6 is 23.2 Å². The zero-order valence-corrected chi connectivity index (χ0v) is 14.7. The van der Waals surface area contributed by atoms with Gasteiger partial charge in [0.15, 0.2) is 0 Å². The number of benzene rings is 2. The van der Waals surface area contributed by atoms with E-state index in [2.05, 4.69) is 20.8 Å². The minimum absolute atomic E-state index is 0.114. The Hall–Kier alpha value is -2.44. The van der Waals surface area contributed by atoms with Gasteiger partial charge in [-0.1, -0.05) is 29.3 Å². The average Bonchev–Trinajstić information content (AvgIpc) is 3.16. The molecule has 0 unspecified atom stereocenters. The van der Waals surface area contributed by atoms with Gasteiger partial charge in [-0.15, -0.1) is 5.10 Å². The predicted octanol–water partition coefficient (Wildman–Crippen LogP) is 3.33. The average molecular weight is 376 g/mol. The molecule has 0 aliphatic carbocycles. The highest BCUT2D eigenvalue weighted by molar-refractivity contribution is 6.42. The first kappa shape index (κ1) is 17.4. The second kappa shape index (κ2) is 8.09. The Morgan fingerprint density at radius 1 is 1.08 bits per heavy atom. The smallest absolute Gasteiger partial charge is 0.251 e. The lowest BCUT2D eigenvalue weighted by Crippen LogP contribution is -2.24. The maximum atomic E-state index is 12.2. The van der Waals surface area contributed by atoms with Crippen LogP contribution in [-0.2, 0) is 6.42 Å². The third-order valence-corrected chi connectivity index (χ3v) is 4.39. The first-order valence-corrected chi connectivity index (χ1v) is 8.44. The fourth-order valence-corrected chi connectivity index (χ4v) is 2.66. The minimum atomic E-state index is -0.114. The summed E-state index contributed by atoms with van der Waals surface area (Å²) in [6.45, 7) is 0.577. The Morgan fingerprint density at radius 3 is 2.56 bits per heavy atom. The first-order chi connectivity index (χ1) is 12.1. The van der Waals surface area contributed by atoms with Crippen LogP contribution in [0.5, 0.6) is 0 Å². The molecule has 3 aromatic rings. The second-order valence-electron chi connectivity index (χ2n) is 5.41. The Kier molecular flexibility index (Phi) is 5.63. The summed E-state index contributed by atoms with van der Waals surface area (Å²) in [5.74, 6) is -0.114. The largest absolute Gasteiger partial charge is 0.352 e. The van der Waals surface area contributed by atoms with Gasteiger partial charge in [0.1, 0.15) is 6.33 Å². The number of tetrazole rings is 1. The van der Waals surface area contributed by atoms with Gasteiger partial charge < -0.3 is 5.32 Å². The molecule has 0 saturated carbocycles. The lowest BCUT2D eigenvalue weighted by atomic mass is 10.1. The highest BCUT2D eigenvalue weighted by atomic mass is 35.5. The topological polar surface area (TPSA) is 72.7 Å². The lowest BCUT2D eigenvalue weighted by molar-refractivity contribution is 0.0953. The highest BCUT2D eigenvalue weighted by Crippen LogP contribution is 2.23. The summed E-state index contributed by atoms with van der Waals surface area (Å²) in [6.07, 6.45) is 3.12. The number of carbonyl (C=O) groups is 1. The molecule has 0 fully saturated rings. The standard InChI is InChI=1S/C17H15Cl2N5O/c18-15-8-3-12(10-16(15)19)2-1-9-20-17(25)13-4-6-14(7-5-13)24-11-21-22-23-24/h3-8,10-11H,1-2,9H2,(H,20,25). The van der Waals surface area contributed by atoms with Crippen LogP contribution in [0.4, 0.5) is 0 Å². The van der Waals surface area contributed by atoms with E-state index in [0.29, 0.717) is 22.2 Å². The van der Waals surface area contributed by atoms with Crippen LogP contribution in [-0.4, -0.2) is 32.7 Å². The maximum absolute atomic E-state index is 12.2. The van der Waals surface area contributed by atoms with Crippen molar-refractivity contribution in [1.29, 1.82) is 0 Å². The third-order valence-electron chi connectivity index (χ3n) is 3.65. The zero-order valence-electron chi connectivity index (χ0n) is 13.2. The van der Waals surface area contributed by atoms with Crippen LogP contribution in [0, 0.1) is 0 Å². The van der Waals surface area contributed by atoms with Gasteiger partial charge in [-0.05, 0) is 65.2 Å². The number of aromatic nitrogens is 4. The molecule has 0 radical (unpaired) electrons. The second-order valence-corrected chi connectivity index (χ2v) is 6.22.